The molecule has 9 heteroatoms. The zero-order chi connectivity index (χ0) is 26.0. The number of benzene rings is 2. The summed E-state index contributed by atoms with van der Waals surface area (Å²) >= 11 is 0. The van der Waals surface area contributed by atoms with Crippen molar-refractivity contribution in [2.75, 3.05) is 0 Å². The molecule has 0 amide bonds. The van der Waals surface area contributed by atoms with Crippen molar-refractivity contribution in [1.82, 2.24) is 0 Å². The molecule has 0 spiro atoms. The third kappa shape index (κ3) is 6.53. The molecule has 0 saturated heterocycles. The van der Waals surface area contributed by atoms with E-state index < -0.39 is 64.4 Å². The minimum Gasteiger partial charge on any atom is -0.206 e. The highest BCUT2D eigenvalue weighted by atomic mass is 19.4. The molecule has 1 saturated carbocycles. The second kappa shape index (κ2) is 10.8. The van der Waals surface area contributed by atoms with Crippen LogP contribution in [-0.2, 0) is 12.6 Å². The molecule has 0 heterocycles. The third-order valence-electron chi connectivity index (χ3n) is 6.82. The van der Waals surface area contributed by atoms with Gasteiger partial charge in [0.1, 0.15) is 28.8 Å². The molecule has 2 aromatic rings. The van der Waals surface area contributed by atoms with E-state index >= 15 is 0 Å². The van der Waals surface area contributed by atoms with Crippen molar-refractivity contribution in [2.24, 2.45) is 11.8 Å². The van der Waals surface area contributed by atoms with Gasteiger partial charge in [-0.3, -0.25) is 0 Å². The average Bonchev–Trinajstić information content (AvgIpc) is 2.72. The molecule has 0 nitrogen and oxygen atoms in total. The Bertz CT molecular complexity index is 972. The van der Waals surface area contributed by atoms with Crippen LogP contribution in [0.15, 0.2) is 24.3 Å². The maximum atomic E-state index is 14.9. The lowest BCUT2D eigenvalue weighted by atomic mass is 9.76. The van der Waals surface area contributed by atoms with Crippen LogP contribution in [-0.4, -0.2) is 5.92 Å². The van der Waals surface area contributed by atoms with E-state index in [2.05, 4.69) is 6.92 Å². The first-order valence-electron chi connectivity index (χ1n) is 11.8. The molecular weight excluding hydrogens is 483 g/mol. The predicted octanol–water partition coefficient (Wildman–Crippen LogP) is 9.49. The highest BCUT2D eigenvalue weighted by Crippen LogP contribution is 2.43. The summed E-state index contributed by atoms with van der Waals surface area (Å²) in [7, 11) is 0. The Labute approximate surface area is 198 Å². The van der Waals surface area contributed by atoms with Crippen LogP contribution in [0.3, 0.4) is 0 Å². The van der Waals surface area contributed by atoms with Gasteiger partial charge in [-0.15, -0.1) is 0 Å². The summed E-state index contributed by atoms with van der Waals surface area (Å²) in [5, 5.41) is 0. The van der Waals surface area contributed by atoms with Crippen LogP contribution in [0.2, 0.25) is 0 Å². The summed E-state index contributed by atoms with van der Waals surface area (Å²) in [6.45, 7) is 2.09. The molecule has 0 radical (unpaired) electrons. The van der Waals surface area contributed by atoms with E-state index in [-0.39, 0.29) is 17.7 Å². The van der Waals surface area contributed by atoms with E-state index in [1.54, 1.807) is 0 Å². The van der Waals surface area contributed by atoms with Crippen LogP contribution in [0.4, 0.5) is 39.5 Å². The first-order valence-corrected chi connectivity index (χ1v) is 11.8. The monoisotopic (exact) mass is 510 g/mol. The van der Waals surface area contributed by atoms with Crippen LogP contribution >= 0.6 is 0 Å². The second-order valence-electron chi connectivity index (χ2n) is 9.40. The molecule has 0 aliphatic heterocycles. The highest BCUT2D eigenvalue weighted by Gasteiger charge is 2.42. The van der Waals surface area contributed by atoms with Crippen molar-refractivity contribution in [3.05, 3.63) is 58.7 Å². The number of halogens is 9. The summed E-state index contributed by atoms with van der Waals surface area (Å²) in [5.41, 5.74) is -4.32. The normalized spacial score (nSPS) is 19.3. The SMILES string of the molecule is CCCCCC1CCC(C(F)(F)Cc2cc(F)c(-c3cc(F)c(C(F)(F)F)c(F)c3)c(F)c2)CC1. The molecule has 194 valence electrons. The lowest BCUT2D eigenvalue weighted by Crippen LogP contribution is -2.34. The number of unbranched alkanes of at least 4 members (excludes halogenated alkanes) is 2. The zero-order valence-electron chi connectivity index (χ0n) is 19.2. The van der Waals surface area contributed by atoms with E-state index in [1.807, 2.05) is 0 Å². The first kappa shape index (κ1) is 27.4. The fourth-order valence-electron chi connectivity index (χ4n) is 4.96. The molecular formula is C26H27F9. The van der Waals surface area contributed by atoms with Gasteiger partial charge in [0.25, 0.3) is 5.92 Å². The minimum absolute atomic E-state index is 0.167. The molecule has 3 rings (SSSR count). The molecule has 0 bridgehead atoms. The van der Waals surface area contributed by atoms with Gasteiger partial charge < -0.3 is 0 Å². The van der Waals surface area contributed by atoms with Gasteiger partial charge >= 0.3 is 6.18 Å². The van der Waals surface area contributed by atoms with Gasteiger partial charge in [0.2, 0.25) is 0 Å². The summed E-state index contributed by atoms with van der Waals surface area (Å²) in [5.74, 6) is -10.6. The number of rotatable bonds is 8. The smallest absolute Gasteiger partial charge is 0.206 e. The number of hydrogen-bond donors (Lipinski definition) is 0. The quantitative estimate of drug-likeness (QED) is 0.245. The van der Waals surface area contributed by atoms with E-state index in [1.165, 1.54) is 0 Å². The van der Waals surface area contributed by atoms with Crippen LogP contribution in [0.5, 0.6) is 0 Å². The Hall–Kier alpha value is -2.19. The van der Waals surface area contributed by atoms with Crippen molar-refractivity contribution in [2.45, 2.75) is 76.8 Å². The topological polar surface area (TPSA) is 0 Å². The maximum absolute atomic E-state index is 14.9. The largest absolute Gasteiger partial charge is 0.422 e. The fourth-order valence-corrected chi connectivity index (χ4v) is 4.96. The molecule has 1 fully saturated rings. The molecule has 35 heavy (non-hydrogen) atoms. The van der Waals surface area contributed by atoms with E-state index in [9.17, 15) is 39.5 Å². The Morgan fingerprint density at radius 1 is 0.743 bits per heavy atom. The van der Waals surface area contributed by atoms with Gasteiger partial charge in [-0.05, 0) is 67.0 Å². The highest BCUT2D eigenvalue weighted by molar-refractivity contribution is 5.66. The summed E-state index contributed by atoms with van der Waals surface area (Å²) in [6, 6.07) is 1.60. The zero-order valence-corrected chi connectivity index (χ0v) is 19.2. The van der Waals surface area contributed by atoms with Crippen LogP contribution in [0, 0.1) is 35.1 Å². The Morgan fingerprint density at radius 2 is 1.29 bits per heavy atom. The Morgan fingerprint density at radius 3 is 1.77 bits per heavy atom. The van der Waals surface area contributed by atoms with E-state index in [4.69, 9.17) is 0 Å². The van der Waals surface area contributed by atoms with E-state index in [0.29, 0.717) is 43.7 Å². The molecule has 1 aliphatic rings. The summed E-state index contributed by atoms with van der Waals surface area (Å²) in [6.07, 6.45) is 0.00318. The van der Waals surface area contributed by atoms with Gasteiger partial charge in [-0.1, -0.05) is 32.6 Å². The Balaban J connectivity index is 1.76. The third-order valence-corrected chi connectivity index (χ3v) is 6.82. The van der Waals surface area contributed by atoms with Gasteiger partial charge in [-0.25, -0.2) is 26.3 Å². The fraction of sp³-hybridized carbons (Fsp3) is 0.538. The van der Waals surface area contributed by atoms with Gasteiger partial charge in [0.15, 0.2) is 0 Å². The van der Waals surface area contributed by atoms with Crippen molar-refractivity contribution in [1.29, 1.82) is 0 Å². The molecule has 0 atom stereocenters. The standard InChI is InChI=1S/C26H27F9/c1-2-3-4-5-15-6-8-18(9-7-15)25(31,32)14-16-10-19(27)23(20(28)11-16)17-12-21(29)24(22(30)13-17)26(33,34)35/h10-13,15,18H,2-9,14H2,1H3. The number of hydrogen-bond acceptors (Lipinski definition) is 0. The second-order valence-corrected chi connectivity index (χ2v) is 9.40. The maximum Gasteiger partial charge on any atom is 0.422 e. The van der Waals surface area contributed by atoms with Gasteiger partial charge in [0.05, 0.1) is 5.56 Å². The average molecular weight is 510 g/mol. The van der Waals surface area contributed by atoms with Crippen LogP contribution < -0.4 is 0 Å². The molecule has 0 N–H and O–H groups in total. The lowest BCUT2D eigenvalue weighted by molar-refractivity contribution is -0.142. The number of alkyl halides is 5. The first-order chi connectivity index (χ1) is 16.3. The minimum atomic E-state index is -5.34. The van der Waals surface area contributed by atoms with Gasteiger partial charge in [-0.2, -0.15) is 13.2 Å². The van der Waals surface area contributed by atoms with Gasteiger partial charge in [0, 0.05) is 12.3 Å². The van der Waals surface area contributed by atoms with E-state index in [0.717, 1.165) is 25.7 Å². The molecule has 0 aromatic heterocycles. The molecule has 2 aromatic carbocycles. The van der Waals surface area contributed by atoms with Crippen LogP contribution in [0.1, 0.15) is 69.4 Å². The summed E-state index contributed by atoms with van der Waals surface area (Å²) < 4.78 is 125. The lowest BCUT2D eigenvalue weighted by Gasteiger charge is -2.34. The van der Waals surface area contributed by atoms with Crippen molar-refractivity contribution < 1.29 is 39.5 Å². The van der Waals surface area contributed by atoms with Crippen molar-refractivity contribution >= 4 is 0 Å². The summed E-state index contributed by atoms with van der Waals surface area (Å²) in [4.78, 5) is 0. The molecule has 0 unspecified atom stereocenters. The Kier molecular flexibility index (Phi) is 8.48. The van der Waals surface area contributed by atoms with Crippen LogP contribution in [0.25, 0.3) is 11.1 Å². The van der Waals surface area contributed by atoms with Crippen molar-refractivity contribution in [3.8, 4) is 11.1 Å². The predicted molar refractivity (Wildman–Crippen MR) is 115 cm³/mol. The molecule has 1 aliphatic carbocycles. The van der Waals surface area contributed by atoms with Crippen molar-refractivity contribution in [3.63, 3.8) is 0 Å².